The number of amides is 1. The fraction of sp³-hybridized carbons (Fsp3) is 0.152. The van der Waals surface area contributed by atoms with E-state index in [-0.39, 0.29) is 43.1 Å². The minimum Gasteiger partial charge on any atom is -0.454 e. The molecule has 1 amide bonds. The molecule has 1 aromatic heterocycles. The maximum Gasteiger partial charge on any atom is 0.262 e. The van der Waals surface area contributed by atoms with Crippen LogP contribution in [0.4, 0.5) is 4.39 Å². The number of halogens is 1. The molecule has 0 saturated carbocycles. The second-order valence-electron chi connectivity index (χ2n) is 10.3. The lowest BCUT2D eigenvalue weighted by molar-refractivity contribution is 0.0950. The van der Waals surface area contributed by atoms with E-state index < -0.39 is 5.82 Å². The predicted octanol–water partition coefficient (Wildman–Crippen LogP) is 4.95. The van der Waals surface area contributed by atoms with Crippen LogP contribution in [-0.4, -0.2) is 40.6 Å². The van der Waals surface area contributed by atoms with Gasteiger partial charge in [-0.25, -0.2) is 9.37 Å². The number of aromatic nitrogens is 2. The zero-order chi connectivity index (χ0) is 30.9. The van der Waals surface area contributed by atoms with E-state index >= 15 is 0 Å². The highest BCUT2D eigenvalue weighted by atomic mass is 32.2. The average molecular weight is 626 g/mol. The molecule has 2 aliphatic rings. The summed E-state index contributed by atoms with van der Waals surface area (Å²) in [4.78, 5) is 44.2. The molecule has 0 spiro atoms. The molecule has 0 aliphatic carbocycles. The molecule has 0 radical (unpaired) electrons. The van der Waals surface area contributed by atoms with Gasteiger partial charge >= 0.3 is 0 Å². The van der Waals surface area contributed by atoms with Gasteiger partial charge in [-0.2, -0.15) is 0 Å². The highest BCUT2D eigenvalue weighted by molar-refractivity contribution is 7.99. The lowest BCUT2D eigenvalue weighted by Gasteiger charge is -2.14. The first-order valence-electron chi connectivity index (χ1n) is 13.9. The Kier molecular flexibility index (Phi) is 7.55. The minimum absolute atomic E-state index is 0.0173. The molecule has 10 nitrogen and oxygen atoms in total. The summed E-state index contributed by atoms with van der Waals surface area (Å²) in [5.41, 5.74) is 2.52. The normalized spacial score (nSPS) is 12.8. The summed E-state index contributed by atoms with van der Waals surface area (Å²) >= 11 is 1.11. The number of hydrogen-bond donors (Lipinski definition) is 1. The van der Waals surface area contributed by atoms with Crippen molar-refractivity contribution in [1.29, 1.82) is 0 Å². The monoisotopic (exact) mass is 625 g/mol. The molecule has 45 heavy (non-hydrogen) atoms. The first-order valence-corrected chi connectivity index (χ1v) is 14.9. The molecular weight excluding hydrogens is 601 g/mol. The summed E-state index contributed by atoms with van der Waals surface area (Å²) < 4.78 is 36.5. The quantitative estimate of drug-likeness (QED) is 0.138. The number of carbonyl (C=O) groups is 2. The van der Waals surface area contributed by atoms with Gasteiger partial charge in [0.15, 0.2) is 33.9 Å². The Morgan fingerprint density at radius 2 is 1.44 bits per heavy atom. The van der Waals surface area contributed by atoms with Crippen LogP contribution in [0.5, 0.6) is 23.0 Å². The Morgan fingerprint density at radius 1 is 0.800 bits per heavy atom. The molecule has 4 aromatic carbocycles. The van der Waals surface area contributed by atoms with Gasteiger partial charge in [-0.1, -0.05) is 30.0 Å². The Morgan fingerprint density at radius 3 is 2.20 bits per heavy atom. The fourth-order valence-corrected chi connectivity index (χ4v) is 5.86. The number of carbonyl (C=O) groups excluding carboxylic acids is 2. The lowest BCUT2D eigenvalue weighted by atomic mass is 10.1. The first-order chi connectivity index (χ1) is 21.9. The van der Waals surface area contributed by atoms with Gasteiger partial charge in [0.2, 0.25) is 13.6 Å². The SMILES string of the molecule is O=C(CSc1nc2cc3c(cc2c(=O)n1Cc1ccc(C(=O)NCc2ccc4c(c2)OCO4)cc1)OCO3)c1ccc(F)cc1. The summed E-state index contributed by atoms with van der Waals surface area (Å²) in [7, 11) is 0. The highest BCUT2D eigenvalue weighted by Gasteiger charge is 2.21. The van der Waals surface area contributed by atoms with Crippen molar-refractivity contribution in [3.8, 4) is 23.0 Å². The molecule has 0 fully saturated rings. The van der Waals surface area contributed by atoms with Gasteiger partial charge < -0.3 is 24.3 Å². The number of thioether (sulfide) groups is 1. The summed E-state index contributed by atoms with van der Waals surface area (Å²) in [6.45, 7) is 0.677. The molecule has 3 heterocycles. The van der Waals surface area contributed by atoms with Crippen LogP contribution in [0.2, 0.25) is 0 Å². The van der Waals surface area contributed by atoms with Crippen molar-refractivity contribution in [3.05, 3.63) is 117 Å². The van der Waals surface area contributed by atoms with Gasteiger partial charge in [0.05, 0.1) is 23.2 Å². The predicted molar refractivity (Wildman–Crippen MR) is 163 cm³/mol. The topological polar surface area (TPSA) is 118 Å². The van der Waals surface area contributed by atoms with E-state index in [9.17, 15) is 18.8 Å². The second-order valence-corrected chi connectivity index (χ2v) is 11.2. The number of hydrogen-bond acceptors (Lipinski definition) is 9. The van der Waals surface area contributed by atoms with Crippen LogP contribution >= 0.6 is 11.8 Å². The molecule has 0 bridgehead atoms. The Labute approximate surface area is 259 Å². The number of nitrogens with one attached hydrogen (secondary N) is 1. The summed E-state index contributed by atoms with van der Waals surface area (Å²) in [6, 6.07) is 21.0. The molecule has 5 aromatic rings. The van der Waals surface area contributed by atoms with E-state index in [1.165, 1.54) is 28.8 Å². The number of fused-ring (bicyclic) bond motifs is 3. The largest absolute Gasteiger partial charge is 0.454 e. The first kappa shape index (κ1) is 28.4. The molecule has 226 valence electrons. The third-order valence-corrected chi connectivity index (χ3v) is 8.34. The van der Waals surface area contributed by atoms with E-state index in [1.807, 2.05) is 18.2 Å². The maximum absolute atomic E-state index is 13.8. The number of benzene rings is 4. The number of ketones is 1. The summed E-state index contributed by atoms with van der Waals surface area (Å²) in [5, 5.41) is 3.57. The van der Waals surface area contributed by atoms with Gasteiger partial charge in [0, 0.05) is 23.7 Å². The Bertz CT molecular complexity index is 2010. The molecule has 0 atom stereocenters. The third-order valence-electron chi connectivity index (χ3n) is 7.36. The number of nitrogens with zero attached hydrogens (tertiary/aromatic N) is 2. The van der Waals surface area contributed by atoms with Crippen LogP contribution in [0, 0.1) is 5.82 Å². The molecule has 1 N–H and O–H groups in total. The van der Waals surface area contributed by atoms with Gasteiger partial charge in [0.25, 0.3) is 11.5 Å². The van der Waals surface area contributed by atoms with Crippen molar-refractivity contribution in [2.24, 2.45) is 0 Å². The van der Waals surface area contributed by atoms with Crippen LogP contribution in [0.1, 0.15) is 31.8 Å². The van der Waals surface area contributed by atoms with Crippen LogP contribution in [-0.2, 0) is 13.1 Å². The van der Waals surface area contributed by atoms with Crippen LogP contribution in [0.3, 0.4) is 0 Å². The zero-order valence-electron chi connectivity index (χ0n) is 23.6. The summed E-state index contributed by atoms with van der Waals surface area (Å²) in [5.74, 6) is 1.32. The third kappa shape index (κ3) is 5.92. The molecule has 0 unspecified atom stereocenters. The molecule has 0 saturated heterocycles. The molecule has 2 aliphatic heterocycles. The van der Waals surface area contributed by atoms with E-state index in [0.29, 0.717) is 56.7 Å². The Hall–Kier alpha value is -5.36. The van der Waals surface area contributed by atoms with E-state index in [1.54, 1.807) is 36.4 Å². The fourth-order valence-electron chi connectivity index (χ4n) is 4.97. The second kappa shape index (κ2) is 12.0. The van der Waals surface area contributed by atoms with Crippen molar-refractivity contribution in [3.63, 3.8) is 0 Å². The maximum atomic E-state index is 13.8. The van der Waals surface area contributed by atoms with Gasteiger partial charge in [-0.05, 0) is 65.7 Å². The van der Waals surface area contributed by atoms with Crippen molar-refractivity contribution in [1.82, 2.24) is 14.9 Å². The van der Waals surface area contributed by atoms with Crippen LogP contribution < -0.4 is 29.8 Å². The number of rotatable bonds is 9. The van der Waals surface area contributed by atoms with Crippen molar-refractivity contribution in [2.45, 2.75) is 18.2 Å². The highest BCUT2D eigenvalue weighted by Crippen LogP contribution is 2.35. The van der Waals surface area contributed by atoms with E-state index in [4.69, 9.17) is 23.9 Å². The van der Waals surface area contributed by atoms with E-state index in [2.05, 4.69) is 5.32 Å². The molecule has 7 rings (SSSR count). The molecule has 12 heteroatoms. The van der Waals surface area contributed by atoms with Gasteiger partial charge in [-0.15, -0.1) is 0 Å². The van der Waals surface area contributed by atoms with Gasteiger partial charge in [-0.3, -0.25) is 19.0 Å². The zero-order valence-corrected chi connectivity index (χ0v) is 24.4. The average Bonchev–Trinajstić information content (AvgIpc) is 3.73. The van der Waals surface area contributed by atoms with Crippen molar-refractivity contribution >= 4 is 34.4 Å². The van der Waals surface area contributed by atoms with Gasteiger partial charge in [0.1, 0.15) is 5.82 Å². The van der Waals surface area contributed by atoms with Crippen molar-refractivity contribution < 1.29 is 32.9 Å². The van der Waals surface area contributed by atoms with Crippen molar-refractivity contribution in [2.75, 3.05) is 19.3 Å². The standard InChI is InChI=1S/C33H24FN3O7S/c34-23-8-6-21(7-9-23)26(38)16-45-33-36-25-13-30-29(43-18-44-30)12-24(25)32(40)37(33)15-19-1-4-22(5-2-19)31(39)35-14-20-3-10-27-28(11-20)42-17-41-27/h1-13H,14-18H2,(H,35,39). The van der Waals surface area contributed by atoms with E-state index in [0.717, 1.165) is 22.9 Å². The number of Topliss-reactive ketones (excluding diaryl/α,β-unsaturated/α-hetero) is 1. The lowest BCUT2D eigenvalue weighted by Crippen LogP contribution is -2.25. The summed E-state index contributed by atoms with van der Waals surface area (Å²) in [6.07, 6.45) is 0. The molecular formula is C33H24FN3O7S. The number of ether oxygens (including phenoxy) is 4. The Balaban J connectivity index is 1.11. The van der Waals surface area contributed by atoms with Crippen LogP contribution in [0.15, 0.2) is 88.8 Å². The van der Waals surface area contributed by atoms with Crippen LogP contribution in [0.25, 0.3) is 10.9 Å². The minimum atomic E-state index is -0.434. The smallest absolute Gasteiger partial charge is 0.262 e.